The van der Waals surface area contributed by atoms with Crippen molar-refractivity contribution in [3.8, 4) is 17.2 Å². The van der Waals surface area contributed by atoms with Gasteiger partial charge < -0.3 is 15.3 Å². The van der Waals surface area contributed by atoms with Gasteiger partial charge >= 0.3 is 5.69 Å². The maximum Gasteiger partial charge on any atom is 0.352 e. The number of rotatable bonds is 1. The predicted octanol–water partition coefficient (Wildman–Crippen LogP) is 0.712. The molecular formula is C6H5NO5. The van der Waals surface area contributed by atoms with Crippen molar-refractivity contribution in [1.82, 2.24) is 0 Å². The number of nitro benzene ring substituents is 1. The highest BCUT2D eigenvalue weighted by molar-refractivity contribution is 5.59. The Morgan fingerprint density at radius 3 is 1.92 bits per heavy atom. The lowest BCUT2D eigenvalue weighted by Gasteiger charge is -1.98. The zero-order valence-corrected chi connectivity index (χ0v) is 5.76. The van der Waals surface area contributed by atoms with Crippen LogP contribution in [0.25, 0.3) is 0 Å². The molecule has 1 rings (SSSR count). The van der Waals surface area contributed by atoms with E-state index in [2.05, 4.69) is 0 Å². The van der Waals surface area contributed by atoms with Crippen LogP contribution < -0.4 is 0 Å². The van der Waals surface area contributed by atoms with Crippen molar-refractivity contribution in [3.05, 3.63) is 22.2 Å². The maximum absolute atomic E-state index is 10.2. The molecule has 0 spiro atoms. The van der Waals surface area contributed by atoms with E-state index in [0.29, 0.717) is 0 Å². The molecule has 0 aliphatic heterocycles. The number of nitrogens with zero attached hydrogens (tertiary/aromatic N) is 1. The van der Waals surface area contributed by atoms with Crippen molar-refractivity contribution < 1.29 is 20.2 Å². The van der Waals surface area contributed by atoms with E-state index in [1.807, 2.05) is 0 Å². The van der Waals surface area contributed by atoms with Gasteiger partial charge in [0.1, 0.15) is 5.75 Å². The molecule has 0 saturated carbocycles. The minimum absolute atomic E-state index is 0.435. The van der Waals surface area contributed by atoms with Gasteiger partial charge in [0.2, 0.25) is 11.5 Å². The van der Waals surface area contributed by atoms with E-state index in [4.69, 9.17) is 15.3 Å². The van der Waals surface area contributed by atoms with Crippen LogP contribution in [-0.2, 0) is 0 Å². The fourth-order valence-corrected chi connectivity index (χ4v) is 0.777. The number of hydrogen-bond donors (Lipinski definition) is 3. The number of hydrogen-bond acceptors (Lipinski definition) is 5. The lowest BCUT2D eigenvalue weighted by atomic mass is 10.2. The highest BCUT2D eigenvalue weighted by Gasteiger charge is 2.20. The molecule has 0 aliphatic carbocycles. The zero-order chi connectivity index (χ0) is 9.30. The summed E-state index contributed by atoms with van der Waals surface area (Å²) in [7, 11) is 0. The molecule has 0 fully saturated rings. The van der Waals surface area contributed by atoms with Crippen molar-refractivity contribution in [2.45, 2.75) is 0 Å². The average Bonchev–Trinajstić information content (AvgIpc) is 1.82. The van der Waals surface area contributed by atoms with Crippen LogP contribution in [0.4, 0.5) is 5.69 Å². The Bertz CT molecular complexity index is 312. The topological polar surface area (TPSA) is 104 Å². The molecule has 64 valence electrons. The summed E-state index contributed by atoms with van der Waals surface area (Å²) < 4.78 is 0. The molecule has 6 heteroatoms. The average molecular weight is 171 g/mol. The molecule has 0 aliphatic rings. The van der Waals surface area contributed by atoms with Crippen LogP contribution in [0.1, 0.15) is 0 Å². The third-order valence-corrected chi connectivity index (χ3v) is 1.24. The van der Waals surface area contributed by atoms with Crippen molar-refractivity contribution in [1.29, 1.82) is 0 Å². The van der Waals surface area contributed by atoms with Crippen molar-refractivity contribution in [2.24, 2.45) is 0 Å². The second kappa shape index (κ2) is 2.57. The SMILES string of the molecule is O=[N+]([O-])c1c(O)cc(O)cc1O. The second-order valence-corrected chi connectivity index (χ2v) is 2.09. The van der Waals surface area contributed by atoms with Gasteiger partial charge in [0.05, 0.1) is 4.92 Å². The smallest absolute Gasteiger partial charge is 0.352 e. The number of aromatic hydroxyl groups is 3. The number of nitro groups is 1. The molecule has 0 bridgehead atoms. The normalized spacial score (nSPS) is 9.67. The van der Waals surface area contributed by atoms with Crippen molar-refractivity contribution in [2.75, 3.05) is 0 Å². The summed E-state index contributed by atoms with van der Waals surface area (Å²) in [6.07, 6.45) is 0. The summed E-state index contributed by atoms with van der Waals surface area (Å²) in [6.45, 7) is 0. The molecule has 12 heavy (non-hydrogen) atoms. The first-order chi connectivity index (χ1) is 5.52. The van der Waals surface area contributed by atoms with Crippen LogP contribution in [0.3, 0.4) is 0 Å². The summed E-state index contributed by atoms with van der Waals surface area (Å²) in [5, 5.41) is 36.7. The van der Waals surface area contributed by atoms with E-state index in [-0.39, 0.29) is 0 Å². The molecule has 1 aromatic rings. The van der Waals surface area contributed by atoms with Crippen LogP contribution in [0.5, 0.6) is 17.2 Å². The van der Waals surface area contributed by atoms with Gasteiger partial charge in [0.15, 0.2) is 0 Å². The quantitative estimate of drug-likeness (QED) is 0.426. The Kier molecular flexibility index (Phi) is 1.74. The monoisotopic (exact) mass is 171 g/mol. The van der Waals surface area contributed by atoms with E-state index in [1.54, 1.807) is 0 Å². The molecule has 1 aromatic carbocycles. The molecule has 0 heterocycles. The highest BCUT2D eigenvalue weighted by atomic mass is 16.6. The van der Waals surface area contributed by atoms with Crippen LogP contribution in [0, 0.1) is 10.1 Å². The lowest BCUT2D eigenvalue weighted by Crippen LogP contribution is -1.88. The third-order valence-electron chi connectivity index (χ3n) is 1.24. The van der Waals surface area contributed by atoms with E-state index < -0.39 is 27.9 Å². The summed E-state index contributed by atoms with van der Waals surface area (Å²) >= 11 is 0. The summed E-state index contributed by atoms with van der Waals surface area (Å²) in [5.41, 5.74) is -0.812. The second-order valence-electron chi connectivity index (χ2n) is 2.09. The van der Waals surface area contributed by atoms with E-state index in [0.717, 1.165) is 12.1 Å². The first kappa shape index (κ1) is 8.12. The summed E-state index contributed by atoms with van der Waals surface area (Å²) in [6, 6.07) is 1.55. The standard InChI is InChI=1S/C6H5NO5/c8-3-1-4(9)6(7(11)12)5(10)2-3/h1-2,8-10H. The first-order valence-corrected chi connectivity index (χ1v) is 2.91. The van der Waals surface area contributed by atoms with Crippen LogP contribution in [-0.4, -0.2) is 20.2 Å². The van der Waals surface area contributed by atoms with E-state index >= 15 is 0 Å². The first-order valence-electron chi connectivity index (χ1n) is 2.91. The van der Waals surface area contributed by atoms with Gasteiger partial charge in [-0.15, -0.1) is 0 Å². The van der Waals surface area contributed by atoms with Crippen LogP contribution in [0.15, 0.2) is 12.1 Å². The molecular weight excluding hydrogens is 166 g/mol. The Labute approximate surface area is 66.5 Å². The molecule has 0 unspecified atom stereocenters. The Morgan fingerprint density at radius 2 is 1.58 bits per heavy atom. The van der Waals surface area contributed by atoms with Crippen molar-refractivity contribution >= 4 is 5.69 Å². The highest BCUT2D eigenvalue weighted by Crippen LogP contribution is 2.38. The largest absolute Gasteiger partial charge is 0.508 e. The van der Waals surface area contributed by atoms with Gasteiger partial charge in [-0.05, 0) is 0 Å². The molecule has 0 amide bonds. The van der Waals surface area contributed by atoms with Gasteiger partial charge in [-0.3, -0.25) is 10.1 Å². The maximum atomic E-state index is 10.2. The zero-order valence-electron chi connectivity index (χ0n) is 5.76. The van der Waals surface area contributed by atoms with Crippen LogP contribution in [0.2, 0.25) is 0 Å². The fourth-order valence-electron chi connectivity index (χ4n) is 0.777. The summed E-state index contributed by atoms with van der Waals surface area (Å²) in [4.78, 5) is 9.22. The lowest BCUT2D eigenvalue weighted by molar-refractivity contribution is -0.386. The third kappa shape index (κ3) is 1.22. The van der Waals surface area contributed by atoms with Crippen LogP contribution >= 0.6 is 0 Å². The molecule has 0 aromatic heterocycles. The van der Waals surface area contributed by atoms with E-state index in [1.165, 1.54) is 0 Å². The van der Waals surface area contributed by atoms with Gasteiger partial charge in [0, 0.05) is 12.1 Å². The number of phenols is 3. The number of phenolic OH excluding ortho intramolecular Hbond substituents is 3. The molecule has 0 atom stereocenters. The van der Waals surface area contributed by atoms with Gasteiger partial charge in [-0.1, -0.05) is 0 Å². The van der Waals surface area contributed by atoms with Gasteiger partial charge in [-0.2, -0.15) is 0 Å². The predicted molar refractivity (Wildman–Crippen MR) is 38.1 cm³/mol. The fraction of sp³-hybridized carbons (Fsp3) is 0. The van der Waals surface area contributed by atoms with Gasteiger partial charge in [-0.25, -0.2) is 0 Å². The van der Waals surface area contributed by atoms with Crippen molar-refractivity contribution in [3.63, 3.8) is 0 Å². The Hall–Kier alpha value is -1.98. The Morgan fingerprint density at radius 1 is 1.17 bits per heavy atom. The van der Waals surface area contributed by atoms with E-state index in [9.17, 15) is 10.1 Å². The molecule has 0 radical (unpaired) electrons. The summed E-state index contributed by atoms with van der Waals surface area (Å²) in [5.74, 6) is -1.97. The molecule has 0 saturated heterocycles. The molecule has 6 nitrogen and oxygen atoms in total. The van der Waals surface area contributed by atoms with Gasteiger partial charge in [0.25, 0.3) is 0 Å². The minimum Gasteiger partial charge on any atom is -0.508 e. The number of benzene rings is 1. The Balaban J connectivity index is 3.38. The molecule has 3 N–H and O–H groups in total. The minimum atomic E-state index is -0.940.